The molecule has 0 fully saturated rings. The largest absolute Gasteiger partial charge is 0.423 e. The van der Waals surface area contributed by atoms with Gasteiger partial charge in [-0.2, -0.15) is 0 Å². The highest BCUT2D eigenvalue weighted by Gasteiger charge is 2.20. The third-order valence-corrected chi connectivity index (χ3v) is 4.26. The zero-order valence-electron chi connectivity index (χ0n) is 13.1. The minimum Gasteiger partial charge on any atom is -0.423 e. The van der Waals surface area contributed by atoms with Crippen LogP contribution < -0.4 is 5.63 Å². The summed E-state index contributed by atoms with van der Waals surface area (Å²) in [4.78, 5) is 12.1. The Morgan fingerprint density at radius 2 is 1.21 bits per heavy atom. The van der Waals surface area contributed by atoms with Gasteiger partial charge in [0.05, 0.1) is 0 Å². The Morgan fingerprint density at radius 3 is 1.83 bits per heavy atom. The van der Waals surface area contributed by atoms with E-state index in [-0.39, 0.29) is 11.5 Å². The summed E-state index contributed by atoms with van der Waals surface area (Å²) in [6, 6.07) is 29.8. The molecule has 0 atom stereocenters. The summed E-state index contributed by atoms with van der Waals surface area (Å²) in [6.07, 6.45) is 0. The fourth-order valence-electron chi connectivity index (χ4n) is 3.22. The maximum atomic E-state index is 12.1. The topological polar surface area (TPSA) is 30.2 Å². The monoisotopic (exact) mass is 312 g/mol. The van der Waals surface area contributed by atoms with Gasteiger partial charge in [0.25, 0.3) is 0 Å². The van der Waals surface area contributed by atoms with Gasteiger partial charge in [-0.05, 0) is 22.8 Å². The second kappa shape index (κ2) is 6.17. The van der Waals surface area contributed by atoms with Crippen molar-refractivity contribution in [2.75, 3.05) is 0 Å². The molecule has 0 aliphatic rings. The Bertz CT molecular complexity index is 978. The van der Waals surface area contributed by atoms with E-state index in [4.69, 9.17) is 4.42 Å². The number of hydrogen-bond acceptors (Lipinski definition) is 2. The fraction of sp³-hybridized carbons (Fsp3) is 0.0455. The molecule has 0 amide bonds. The molecule has 2 nitrogen and oxygen atoms in total. The average Bonchev–Trinajstić information content (AvgIpc) is 2.63. The molecule has 0 radical (unpaired) electrons. The van der Waals surface area contributed by atoms with Crippen LogP contribution in [-0.2, 0) is 0 Å². The van der Waals surface area contributed by atoms with Crippen LogP contribution in [0.5, 0.6) is 0 Å². The van der Waals surface area contributed by atoms with Crippen LogP contribution in [0.15, 0.2) is 100 Å². The van der Waals surface area contributed by atoms with Crippen molar-refractivity contribution in [2.45, 2.75) is 5.92 Å². The van der Waals surface area contributed by atoms with Gasteiger partial charge in [0.1, 0.15) is 5.58 Å². The summed E-state index contributed by atoms with van der Waals surface area (Å²) >= 11 is 0. The third-order valence-electron chi connectivity index (χ3n) is 4.26. The van der Waals surface area contributed by atoms with Crippen LogP contribution in [0.4, 0.5) is 0 Å². The van der Waals surface area contributed by atoms with E-state index in [9.17, 15) is 4.79 Å². The van der Waals surface area contributed by atoms with Crippen LogP contribution >= 0.6 is 0 Å². The molecule has 0 N–H and O–H groups in total. The van der Waals surface area contributed by atoms with Crippen LogP contribution in [0.1, 0.15) is 22.6 Å². The lowest BCUT2D eigenvalue weighted by atomic mass is 9.84. The Kier molecular flexibility index (Phi) is 3.72. The lowest BCUT2D eigenvalue weighted by Gasteiger charge is -2.20. The van der Waals surface area contributed by atoms with Gasteiger partial charge in [-0.25, -0.2) is 4.79 Å². The molecule has 1 heterocycles. The van der Waals surface area contributed by atoms with Crippen molar-refractivity contribution < 1.29 is 4.42 Å². The summed E-state index contributed by atoms with van der Waals surface area (Å²) < 4.78 is 5.37. The van der Waals surface area contributed by atoms with Gasteiger partial charge < -0.3 is 4.42 Å². The second-order valence-electron chi connectivity index (χ2n) is 5.77. The van der Waals surface area contributed by atoms with E-state index in [0.29, 0.717) is 5.58 Å². The van der Waals surface area contributed by atoms with Crippen LogP contribution in [-0.4, -0.2) is 0 Å². The quantitative estimate of drug-likeness (QED) is 0.500. The van der Waals surface area contributed by atoms with E-state index in [1.165, 1.54) is 0 Å². The molecule has 2 heteroatoms. The number of para-hydroxylation sites is 1. The number of benzene rings is 3. The molecule has 0 aliphatic heterocycles. The molecule has 116 valence electrons. The zero-order valence-corrected chi connectivity index (χ0v) is 13.1. The Labute approximate surface area is 140 Å². The van der Waals surface area contributed by atoms with Crippen molar-refractivity contribution in [3.05, 3.63) is 118 Å². The molecule has 4 aromatic rings. The van der Waals surface area contributed by atoms with Crippen molar-refractivity contribution in [2.24, 2.45) is 0 Å². The van der Waals surface area contributed by atoms with Gasteiger partial charge in [0, 0.05) is 17.4 Å². The first-order valence-corrected chi connectivity index (χ1v) is 7.95. The summed E-state index contributed by atoms with van der Waals surface area (Å²) in [5.74, 6) is -0.0126. The lowest BCUT2D eigenvalue weighted by molar-refractivity contribution is 0.558. The second-order valence-corrected chi connectivity index (χ2v) is 5.77. The fourth-order valence-corrected chi connectivity index (χ4v) is 3.22. The maximum Gasteiger partial charge on any atom is 0.336 e. The van der Waals surface area contributed by atoms with Crippen molar-refractivity contribution in [1.29, 1.82) is 0 Å². The predicted molar refractivity (Wildman–Crippen MR) is 96.3 cm³/mol. The standard InChI is InChI=1S/C22H16O2/c23-21-15-19(18-13-7-8-14-20(18)24-21)22(16-9-3-1-4-10-16)17-11-5-2-6-12-17/h1-15,22H. The normalized spacial score (nSPS) is 11.0. The number of fused-ring (bicyclic) bond motifs is 1. The first-order valence-electron chi connectivity index (χ1n) is 7.95. The van der Waals surface area contributed by atoms with Gasteiger partial charge in [-0.1, -0.05) is 78.9 Å². The highest BCUT2D eigenvalue weighted by atomic mass is 16.4. The molecule has 0 saturated heterocycles. The number of rotatable bonds is 3. The first kappa shape index (κ1) is 14.5. The van der Waals surface area contributed by atoms with E-state index in [0.717, 1.165) is 22.1 Å². The first-order chi connectivity index (χ1) is 11.8. The summed E-state index contributed by atoms with van der Waals surface area (Å²) in [7, 11) is 0. The summed E-state index contributed by atoms with van der Waals surface area (Å²) in [6.45, 7) is 0. The van der Waals surface area contributed by atoms with Crippen molar-refractivity contribution >= 4 is 11.0 Å². The molecule has 4 rings (SSSR count). The SMILES string of the molecule is O=c1cc(C(c2ccccc2)c2ccccc2)c2ccccc2o1. The molecule has 0 spiro atoms. The van der Waals surface area contributed by atoms with Crippen LogP contribution in [0, 0.1) is 0 Å². The highest BCUT2D eigenvalue weighted by molar-refractivity contribution is 5.81. The highest BCUT2D eigenvalue weighted by Crippen LogP contribution is 2.35. The van der Waals surface area contributed by atoms with Gasteiger partial charge in [-0.15, -0.1) is 0 Å². The third kappa shape index (κ3) is 2.63. The molecule has 0 aliphatic carbocycles. The molecule has 0 saturated carbocycles. The number of hydrogen-bond donors (Lipinski definition) is 0. The van der Waals surface area contributed by atoms with Gasteiger partial charge in [-0.3, -0.25) is 0 Å². The van der Waals surface area contributed by atoms with Crippen molar-refractivity contribution in [3.63, 3.8) is 0 Å². The molecule has 1 aromatic heterocycles. The Hall–Kier alpha value is -3.13. The van der Waals surface area contributed by atoms with E-state index in [2.05, 4.69) is 24.3 Å². The summed E-state index contributed by atoms with van der Waals surface area (Å²) in [5, 5.41) is 0.967. The molecule has 3 aromatic carbocycles. The molecular formula is C22H16O2. The van der Waals surface area contributed by atoms with Crippen molar-refractivity contribution in [1.82, 2.24) is 0 Å². The minimum atomic E-state index is -0.319. The van der Waals surface area contributed by atoms with Gasteiger partial charge in [0.15, 0.2) is 0 Å². The maximum absolute atomic E-state index is 12.1. The average molecular weight is 312 g/mol. The lowest BCUT2D eigenvalue weighted by Crippen LogP contribution is -2.08. The van der Waals surface area contributed by atoms with E-state index in [1.54, 1.807) is 6.07 Å². The minimum absolute atomic E-state index is 0.0126. The van der Waals surface area contributed by atoms with Crippen LogP contribution in [0.25, 0.3) is 11.0 Å². The molecule has 24 heavy (non-hydrogen) atoms. The van der Waals surface area contributed by atoms with E-state index < -0.39 is 0 Å². The van der Waals surface area contributed by atoms with Gasteiger partial charge >= 0.3 is 5.63 Å². The molecular weight excluding hydrogens is 296 g/mol. The molecule has 0 unspecified atom stereocenters. The predicted octanol–water partition coefficient (Wildman–Crippen LogP) is 4.97. The van der Waals surface area contributed by atoms with E-state index >= 15 is 0 Å². The zero-order chi connectivity index (χ0) is 16.4. The van der Waals surface area contributed by atoms with Crippen LogP contribution in [0.2, 0.25) is 0 Å². The van der Waals surface area contributed by atoms with Crippen LogP contribution in [0.3, 0.4) is 0 Å². The van der Waals surface area contributed by atoms with E-state index in [1.807, 2.05) is 60.7 Å². The summed E-state index contributed by atoms with van der Waals surface area (Å²) in [5.41, 5.74) is 3.58. The Balaban J connectivity index is 2.03. The molecule has 0 bridgehead atoms. The van der Waals surface area contributed by atoms with Gasteiger partial charge in [0.2, 0.25) is 0 Å². The Morgan fingerprint density at radius 1 is 0.667 bits per heavy atom. The van der Waals surface area contributed by atoms with Crippen molar-refractivity contribution in [3.8, 4) is 0 Å². The smallest absolute Gasteiger partial charge is 0.336 e.